The van der Waals surface area contributed by atoms with Crippen LogP contribution in [-0.2, 0) is 6.54 Å². The molecule has 1 saturated heterocycles. The zero-order valence-corrected chi connectivity index (χ0v) is 21.9. The summed E-state index contributed by atoms with van der Waals surface area (Å²) in [6, 6.07) is 7.90. The molecule has 0 radical (unpaired) electrons. The minimum absolute atomic E-state index is 0.0490. The third kappa shape index (κ3) is 4.04. The van der Waals surface area contributed by atoms with E-state index in [-0.39, 0.29) is 24.9 Å². The quantitative estimate of drug-likeness (QED) is 0.409. The highest BCUT2D eigenvalue weighted by molar-refractivity contribution is 5.96. The lowest BCUT2D eigenvalue weighted by atomic mass is 10.0. The topological polar surface area (TPSA) is 90.7 Å². The third-order valence-electron chi connectivity index (χ3n) is 8.26. The van der Waals surface area contributed by atoms with Crippen LogP contribution in [0, 0.1) is 12.8 Å². The van der Waals surface area contributed by atoms with Gasteiger partial charge >= 0.3 is 0 Å². The van der Waals surface area contributed by atoms with Crippen LogP contribution >= 0.6 is 0 Å². The van der Waals surface area contributed by atoms with Crippen LogP contribution in [0.1, 0.15) is 59.6 Å². The van der Waals surface area contributed by atoms with Crippen LogP contribution in [-0.4, -0.2) is 62.4 Å². The van der Waals surface area contributed by atoms with Gasteiger partial charge in [0.25, 0.3) is 5.91 Å². The van der Waals surface area contributed by atoms with E-state index < -0.39 is 6.17 Å². The molecular weight excluding hydrogens is 483 g/mol. The van der Waals surface area contributed by atoms with Crippen molar-refractivity contribution >= 4 is 22.5 Å². The highest BCUT2D eigenvalue weighted by Gasteiger charge is 2.31. The fourth-order valence-corrected chi connectivity index (χ4v) is 5.91. The van der Waals surface area contributed by atoms with E-state index in [1.165, 1.54) is 36.3 Å². The van der Waals surface area contributed by atoms with Crippen molar-refractivity contribution in [2.24, 2.45) is 11.7 Å². The number of methoxy groups -OCH3 is 1. The van der Waals surface area contributed by atoms with Gasteiger partial charge < -0.3 is 19.9 Å². The maximum atomic E-state index is 14.2. The Hall–Kier alpha value is -3.46. The van der Waals surface area contributed by atoms with E-state index in [2.05, 4.69) is 22.8 Å². The van der Waals surface area contributed by atoms with Crippen molar-refractivity contribution in [3.63, 3.8) is 0 Å². The molecule has 8 nitrogen and oxygen atoms in total. The van der Waals surface area contributed by atoms with E-state index in [9.17, 15) is 9.18 Å². The van der Waals surface area contributed by atoms with Gasteiger partial charge in [0.2, 0.25) is 0 Å². The standard InChI is InChI=1S/C29H33FN6O2/c1-16-26(24-9-19-7-8-23(18-5-6-18)32-28(19)35(24)12-17-3-4-17)33-36-13-20(10-25(38-2)27(16)36)29(37)34-14-21(30)11-22(31)15-34/h7-10,13,17-18,21-22H,3-6,11-12,14-15,31H2,1-2H3/t21-,22-/m1/s1. The van der Waals surface area contributed by atoms with E-state index in [0.717, 1.165) is 40.0 Å². The average Bonchev–Trinajstić information content (AvgIpc) is 3.83. The lowest BCUT2D eigenvalue weighted by molar-refractivity contribution is 0.0606. The number of pyridine rings is 2. The van der Waals surface area contributed by atoms with Gasteiger partial charge in [0.05, 0.1) is 24.9 Å². The lowest BCUT2D eigenvalue weighted by Crippen LogP contribution is -2.50. The number of hydrogen-bond acceptors (Lipinski definition) is 5. The van der Waals surface area contributed by atoms with E-state index >= 15 is 0 Å². The Kier molecular flexibility index (Phi) is 5.47. The van der Waals surface area contributed by atoms with Crippen LogP contribution < -0.4 is 10.5 Å². The summed E-state index contributed by atoms with van der Waals surface area (Å²) in [6.07, 6.45) is 5.80. The minimum atomic E-state index is -1.12. The van der Waals surface area contributed by atoms with Crippen LogP contribution in [0.3, 0.4) is 0 Å². The van der Waals surface area contributed by atoms with Crippen molar-refractivity contribution < 1.29 is 13.9 Å². The molecule has 2 saturated carbocycles. The second-order valence-corrected chi connectivity index (χ2v) is 11.4. The fourth-order valence-electron chi connectivity index (χ4n) is 5.91. The molecule has 5 heterocycles. The predicted octanol–water partition coefficient (Wildman–Crippen LogP) is 4.47. The van der Waals surface area contributed by atoms with Crippen LogP contribution in [0.15, 0.2) is 30.5 Å². The molecule has 3 fully saturated rings. The summed E-state index contributed by atoms with van der Waals surface area (Å²) in [4.78, 5) is 19.9. The van der Waals surface area contributed by atoms with Gasteiger partial charge in [-0.25, -0.2) is 13.9 Å². The maximum absolute atomic E-state index is 14.2. The summed E-state index contributed by atoms with van der Waals surface area (Å²) in [5.41, 5.74) is 12.3. The summed E-state index contributed by atoms with van der Waals surface area (Å²) >= 11 is 0. The first kappa shape index (κ1) is 23.6. The van der Waals surface area contributed by atoms with Crippen LogP contribution in [0.25, 0.3) is 27.9 Å². The molecule has 0 aromatic carbocycles. The first-order valence-corrected chi connectivity index (χ1v) is 13.7. The molecule has 2 N–H and O–H groups in total. The van der Waals surface area contributed by atoms with Crippen LogP contribution in [0.5, 0.6) is 5.75 Å². The first-order valence-electron chi connectivity index (χ1n) is 13.7. The molecule has 38 heavy (non-hydrogen) atoms. The molecule has 1 amide bonds. The molecule has 9 heteroatoms. The van der Waals surface area contributed by atoms with E-state index in [0.29, 0.717) is 29.7 Å². The molecule has 198 valence electrons. The van der Waals surface area contributed by atoms with Gasteiger partial charge in [-0.1, -0.05) is 0 Å². The molecule has 4 aromatic rings. The predicted molar refractivity (Wildman–Crippen MR) is 143 cm³/mol. The largest absolute Gasteiger partial charge is 0.494 e. The van der Waals surface area contributed by atoms with Gasteiger partial charge in [-0.2, -0.15) is 5.10 Å². The highest BCUT2D eigenvalue weighted by Crippen LogP contribution is 2.42. The molecule has 0 bridgehead atoms. The monoisotopic (exact) mass is 516 g/mol. The van der Waals surface area contributed by atoms with Gasteiger partial charge in [0.15, 0.2) is 0 Å². The Labute approximate surface area is 220 Å². The second kappa shape index (κ2) is 8.80. The molecule has 3 aliphatic rings. The number of likely N-dealkylation sites (tertiary alicyclic amines) is 1. The van der Waals surface area contributed by atoms with E-state index in [4.69, 9.17) is 20.6 Å². The van der Waals surface area contributed by atoms with E-state index in [1.807, 2.05) is 6.92 Å². The van der Waals surface area contributed by atoms with Crippen molar-refractivity contribution in [3.05, 3.63) is 47.3 Å². The number of halogens is 1. The van der Waals surface area contributed by atoms with Gasteiger partial charge in [-0.05, 0) is 69.2 Å². The number of nitrogens with two attached hydrogens (primary N) is 1. The van der Waals surface area contributed by atoms with Gasteiger partial charge in [0.1, 0.15) is 28.8 Å². The Morgan fingerprint density at radius 3 is 2.71 bits per heavy atom. The smallest absolute Gasteiger partial charge is 0.255 e. The number of carbonyl (C=O) groups excluding carboxylic acids is 1. The zero-order chi connectivity index (χ0) is 26.1. The van der Waals surface area contributed by atoms with Gasteiger partial charge in [-0.15, -0.1) is 0 Å². The molecule has 2 atom stereocenters. The van der Waals surface area contributed by atoms with E-state index in [1.54, 1.807) is 23.9 Å². The number of alkyl halides is 1. The Bertz CT molecular complexity index is 1560. The maximum Gasteiger partial charge on any atom is 0.255 e. The average molecular weight is 517 g/mol. The summed E-state index contributed by atoms with van der Waals surface area (Å²) in [5.74, 6) is 1.55. The summed E-state index contributed by atoms with van der Waals surface area (Å²) in [6.45, 7) is 3.35. The molecule has 2 aliphatic carbocycles. The number of amides is 1. The van der Waals surface area contributed by atoms with Gasteiger partial charge in [0, 0.05) is 47.9 Å². The number of fused-ring (bicyclic) bond motifs is 2. The van der Waals surface area contributed by atoms with Crippen molar-refractivity contribution in [2.45, 2.75) is 63.7 Å². The second-order valence-electron chi connectivity index (χ2n) is 11.4. The van der Waals surface area contributed by atoms with Crippen LogP contribution in [0.4, 0.5) is 4.39 Å². The zero-order valence-electron chi connectivity index (χ0n) is 21.9. The number of aromatic nitrogens is 4. The van der Waals surface area contributed by atoms with Gasteiger partial charge in [-0.3, -0.25) is 4.79 Å². The molecule has 0 unspecified atom stereocenters. The lowest BCUT2D eigenvalue weighted by Gasteiger charge is -2.33. The Balaban J connectivity index is 1.34. The molecule has 0 spiro atoms. The minimum Gasteiger partial charge on any atom is -0.494 e. The fraction of sp³-hybridized carbons (Fsp3) is 0.483. The number of carbonyl (C=O) groups is 1. The number of rotatable bonds is 6. The third-order valence-corrected chi connectivity index (χ3v) is 8.26. The molecule has 4 aromatic heterocycles. The van der Waals surface area contributed by atoms with Crippen molar-refractivity contribution in [3.8, 4) is 17.1 Å². The summed E-state index contributed by atoms with van der Waals surface area (Å²) < 4.78 is 24.0. The van der Waals surface area contributed by atoms with Crippen LogP contribution in [0.2, 0.25) is 0 Å². The Morgan fingerprint density at radius 2 is 2.00 bits per heavy atom. The van der Waals surface area contributed by atoms with Crippen molar-refractivity contribution in [1.29, 1.82) is 0 Å². The normalized spacial score (nSPS) is 21.9. The number of aryl methyl sites for hydroxylation is 1. The number of nitrogens with zero attached hydrogens (tertiary/aromatic N) is 5. The molecular formula is C29H33FN6O2. The Morgan fingerprint density at radius 1 is 1.18 bits per heavy atom. The first-order chi connectivity index (χ1) is 18.4. The number of hydrogen-bond donors (Lipinski definition) is 1. The molecule has 1 aliphatic heterocycles. The molecule has 7 rings (SSSR count). The summed E-state index contributed by atoms with van der Waals surface area (Å²) in [7, 11) is 1.59. The van der Waals surface area contributed by atoms with Crippen molar-refractivity contribution in [1.82, 2.24) is 24.1 Å². The number of piperidine rings is 1. The van der Waals surface area contributed by atoms with Crippen molar-refractivity contribution in [2.75, 3.05) is 20.2 Å². The SMILES string of the molecule is COc1cc(C(=O)N2C[C@H](N)C[C@@H](F)C2)cn2nc(-c3cc4ccc(C5CC5)nc4n3CC3CC3)c(C)c12. The number of ether oxygens (including phenoxy) is 1. The summed E-state index contributed by atoms with van der Waals surface area (Å²) in [5, 5.41) is 6.10. The highest BCUT2D eigenvalue weighted by atomic mass is 19.1.